The molecule has 1 aliphatic rings. The lowest BCUT2D eigenvalue weighted by molar-refractivity contribution is -0.136. The maximum atomic E-state index is 12.7. The van der Waals surface area contributed by atoms with Crippen LogP contribution in [0.25, 0.3) is 0 Å². The Kier molecular flexibility index (Phi) is 7.03. The second kappa shape index (κ2) is 9.02. The summed E-state index contributed by atoms with van der Waals surface area (Å²) in [6.45, 7) is 7.22. The van der Waals surface area contributed by atoms with Crippen molar-refractivity contribution in [3.05, 3.63) is 35.4 Å². The maximum absolute atomic E-state index is 12.7. The van der Waals surface area contributed by atoms with Crippen molar-refractivity contribution in [2.45, 2.75) is 52.9 Å². The number of carboxylic acids is 1. The van der Waals surface area contributed by atoms with Crippen LogP contribution < -0.4 is 5.32 Å². The van der Waals surface area contributed by atoms with Gasteiger partial charge in [-0.05, 0) is 48.1 Å². The van der Waals surface area contributed by atoms with Gasteiger partial charge in [-0.15, -0.1) is 0 Å². The Morgan fingerprint density at radius 1 is 1.20 bits per heavy atom. The largest absolute Gasteiger partial charge is 0.481 e. The molecule has 1 aliphatic carbocycles. The number of nitrogens with one attached hydrogen (secondary N) is 1. The van der Waals surface area contributed by atoms with E-state index in [0.717, 1.165) is 24.0 Å². The molecule has 0 saturated heterocycles. The van der Waals surface area contributed by atoms with Gasteiger partial charge in [0.2, 0.25) is 5.91 Å². The highest BCUT2D eigenvalue weighted by Crippen LogP contribution is 2.38. The number of hydrogen-bond acceptors (Lipinski definition) is 2. The lowest BCUT2D eigenvalue weighted by Crippen LogP contribution is -2.40. The van der Waals surface area contributed by atoms with E-state index >= 15 is 0 Å². The van der Waals surface area contributed by atoms with Gasteiger partial charge in [0.05, 0.1) is 6.42 Å². The number of aliphatic carboxylic acids is 1. The van der Waals surface area contributed by atoms with Crippen molar-refractivity contribution in [1.82, 2.24) is 5.32 Å². The number of carbonyl (C=O) groups excluding carboxylic acids is 1. The van der Waals surface area contributed by atoms with Crippen LogP contribution in [-0.4, -0.2) is 23.5 Å². The Bertz CT molecular complexity index is 597. The SMILES string of the molecule is CC(C)[C@@H]1CC[C@@H](C)C[C@H]1C(=O)NCCc1ccccc1CC(=O)O. The van der Waals surface area contributed by atoms with E-state index in [-0.39, 0.29) is 18.2 Å². The Hall–Kier alpha value is -1.84. The molecule has 2 N–H and O–H groups in total. The first-order valence-electron chi connectivity index (χ1n) is 9.44. The van der Waals surface area contributed by atoms with Crippen molar-refractivity contribution >= 4 is 11.9 Å². The van der Waals surface area contributed by atoms with Crippen molar-refractivity contribution in [3.63, 3.8) is 0 Å². The Morgan fingerprint density at radius 3 is 2.52 bits per heavy atom. The second-order valence-electron chi connectivity index (χ2n) is 7.81. The highest BCUT2D eigenvalue weighted by molar-refractivity contribution is 5.79. The van der Waals surface area contributed by atoms with E-state index in [1.165, 1.54) is 6.42 Å². The van der Waals surface area contributed by atoms with Crippen molar-refractivity contribution < 1.29 is 14.7 Å². The predicted octanol–water partition coefficient (Wildman–Crippen LogP) is 3.68. The van der Waals surface area contributed by atoms with E-state index < -0.39 is 5.97 Å². The van der Waals surface area contributed by atoms with Crippen LogP contribution in [0.3, 0.4) is 0 Å². The molecular weight excluding hydrogens is 314 g/mol. The van der Waals surface area contributed by atoms with E-state index in [4.69, 9.17) is 5.11 Å². The van der Waals surface area contributed by atoms with E-state index in [1.54, 1.807) is 0 Å². The minimum atomic E-state index is -0.826. The zero-order chi connectivity index (χ0) is 18.4. The minimum absolute atomic E-state index is 0.0275. The number of carbonyl (C=O) groups is 2. The zero-order valence-corrected chi connectivity index (χ0v) is 15.6. The third-order valence-corrected chi connectivity index (χ3v) is 5.51. The molecule has 1 saturated carbocycles. The molecule has 1 aromatic carbocycles. The monoisotopic (exact) mass is 345 g/mol. The average Bonchev–Trinajstić information content (AvgIpc) is 2.55. The fourth-order valence-electron chi connectivity index (χ4n) is 4.09. The smallest absolute Gasteiger partial charge is 0.307 e. The van der Waals surface area contributed by atoms with Crippen LogP contribution in [0.4, 0.5) is 0 Å². The summed E-state index contributed by atoms with van der Waals surface area (Å²) in [6.07, 6.45) is 4.03. The Balaban J connectivity index is 1.92. The molecular formula is C21H31NO3. The highest BCUT2D eigenvalue weighted by Gasteiger charge is 2.35. The summed E-state index contributed by atoms with van der Waals surface area (Å²) in [7, 11) is 0. The van der Waals surface area contributed by atoms with Crippen LogP contribution in [0.1, 0.15) is 51.2 Å². The predicted molar refractivity (Wildman–Crippen MR) is 99.3 cm³/mol. The molecule has 3 atom stereocenters. The van der Waals surface area contributed by atoms with Crippen molar-refractivity contribution in [1.29, 1.82) is 0 Å². The van der Waals surface area contributed by atoms with Crippen LogP contribution in [0.15, 0.2) is 24.3 Å². The molecule has 0 spiro atoms. The summed E-state index contributed by atoms with van der Waals surface area (Å²) in [4.78, 5) is 23.7. The van der Waals surface area contributed by atoms with Gasteiger partial charge in [0.1, 0.15) is 0 Å². The normalized spacial score (nSPS) is 23.4. The number of benzene rings is 1. The van der Waals surface area contributed by atoms with Crippen molar-refractivity contribution in [2.24, 2.45) is 23.7 Å². The molecule has 0 unspecified atom stereocenters. The van der Waals surface area contributed by atoms with Crippen LogP contribution in [0, 0.1) is 23.7 Å². The van der Waals surface area contributed by atoms with Gasteiger partial charge in [-0.1, -0.05) is 51.5 Å². The molecule has 4 nitrogen and oxygen atoms in total. The Labute approximate surface area is 151 Å². The number of amides is 1. The van der Waals surface area contributed by atoms with Crippen molar-refractivity contribution in [2.75, 3.05) is 6.54 Å². The van der Waals surface area contributed by atoms with Crippen LogP contribution in [0.5, 0.6) is 0 Å². The molecule has 1 amide bonds. The van der Waals surface area contributed by atoms with E-state index in [9.17, 15) is 9.59 Å². The summed E-state index contributed by atoms with van der Waals surface area (Å²) < 4.78 is 0. The lowest BCUT2D eigenvalue weighted by Gasteiger charge is -2.36. The number of carboxylic acid groups (broad SMARTS) is 1. The fourth-order valence-corrected chi connectivity index (χ4v) is 4.09. The first-order chi connectivity index (χ1) is 11.9. The molecule has 2 rings (SSSR count). The third-order valence-electron chi connectivity index (χ3n) is 5.51. The highest BCUT2D eigenvalue weighted by atomic mass is 16.4. The number of rotatable bonds is 7. The topological polar surface area (TPSA) is 66.4 Å². The summed E-state index contributed by atoms with van der Waals surface area (Å²) in [5.74, 6) is 1.06. The van der Waals surface area contributed by atoms with Crippen molar-refractivity contribution in [3.8, 4) is 0 Å². The van der Waals surface area contributed by atoms with Crippen LogP contribution in [-0.2, 0) is 22.4 Å². The fraction of sp³-hybridized carbons (Fsp3) is 0.619. The first kappa shape index (κ1) is 19.5. The third kappa shape index (κ3) is 5.58. The van der Waals surface area contributed by atoms with Gasteiger partial charge < -0.3 is 10.4 Å². The standard InChI is InChI=1S/C21H31NO3/c1-14(2)18-9-8-15(3)12-19(18)21(25)22-11-10-16-6-4-5-7-17(16)13-20(23)24/h4-7,14-15,18-19H,8-13H2,1-3H3,(H,22,25)(H,23,24)/t15-,18+,19-/m1/s1. The van der Waals surface area contributed by atoms with Gasteiger partial charge in [0.15, 0.2) is 0 Å². The molecule has 1 fully saturated rings. The maximum Gasteiger partial charge on any atom is 0.307 e. The second-order valence-corrected chi connectivity index (χ2v) is 7.81. The molecule has 138 valence electrons. The molecule has 0 aliphatic heterocycles. The summed E-state index contributed by atoms with van der Waals surface area (Å²) >= 11 is 0. The van der Waals surface area contributed by atoms with Gasteiger partial charge in [-0.2, -0.15) is 0 Å². The molecule has 0 aromatic heterocycles. The van der Waals surface area contributed by atoms with E-state index in [2.05, 4.69) is 26.1 Å². The van der Waals surface area contributed by atoms with Gasteiger partial charge in [-0.25, -0.2) is 0 Å². The first-order valence-corrected chi connectivity index (χ1v) is 9.44. The molecule has 1 aromatic rings. The zero-order valence-electron chi connectivity index (χ0n) is 15.6. The van der Waals surface area contributed by atoms with Gasteiger partial charge in [0, 0.05) is 12.5 Å². The molecule has 4 heteroatoms. The Morgan fingerprint density at radius 2 is 1.88 bits per heavy atom. The molecule has 0 heterocycles. The van der Waals surface area contributed by atoms with Gasteiger partial charge in [-0.3, -0.25) is 9.59 Å². The summed E-state index contributed by atoms with van der Waals surface area (Å²) in [6, 6.07) is 7.57. The average molecular weight is 345 g/mol. The van der Waals surface area contributed by atoms with Crippen LogP contribution in [0.2, 0.25) is 0 Å². The summed E-state index contributed by atoms with van der Waals surface area (Å²) in [5, 5.41) is 12.1. The van der Waals surface area contributed by atoms with Gasteiger partial charge in [0.25, 0.3) is 0 Å². The quantitative estimate of drug-likeness (QED) is 0.792. The van der Waals surface area contributed by atoms with Crippen LogP contribution >= 0.6 is 0 Å². The number of hydrogen-bond donors (Lipinski definition) is 2. The van der Waals surface area contributed by atoms with E-state index in [1.807, 2.05) is 24.3 Å². The summed E-state index contributed by atoms with van der Waals surface area (Å²) in [5.41, 5.74) is 1.83. The van der Waals surface area contributed by atoms with E-state index in [0.29, 0.717) is 30.7 Å². The van der Waals surface area contributed by atoms with Gasteiger partial charge >= 0.3 is 5.97 Å². The lowest BCUT2D eigenvalue weighted by atomic mass is 9.70. The molecule has 0 bridgehead atoms. The molecule has 25 heavy (non-hydrogen) atoms. The molecule has 0 radical (unpaired) electrons. The minimum Gasteiger partial charge on any atom is -0.481 e.